The Bertz CT molecular complexity index is 666. The van der Waals surface area contributed by atoms with Crippen LogP contribution in [0.15, 0.2) is 48.5 Å². The molecule has 0 aliphatic heterocycles. The normalized spacial score (nSPS) is 9.83. The number of amides is 2. The summed E-state index contributed by atoms with van der Waals surface area (Å²) in [6.07, 6.45) is 0. The van der Waals surface area contributed by atoms with Crippen LogP contribution in [0.3, 0.4) is 0 Å². The highest BCUT2D eigenvalue weighted by molar-refractivity contribution is 5.95. The highest BCUT2D eigenvalue weighted by atomic mass is 16.5. The third-order valence-corrected chi connectivity index (χ3v) is 3.06. The molecule has 0 aliphatic carbocycles. The van der Waals surface area contributed by atoms with E-state index in [-0.39, 0.29) is 12.5 Å². The third kappa shape index (κ3) is 5.03. The molecule has 2 rings (SSSR count). The van der Waals surface area contributed by atoms with Crippen LogP contribution >= 0.6 is 0 Å². The second-order valence-electron chi connectivity index (χ2n) is 4.83. The maximum Gasteiger partial charge on any atom is 0.276 e. The van der Waals surface area contributed by atoms with E-state index in [0.29, 0.717) is 17.1 Å². The average Bonchev–Trinajstić information content (AvgIpc) is 2.59. The van der Waals surface area contributed by atoms with Gasteiger partial charge in [-0.15, -0.1) is 0 Å². The van der Waals surface area contributed by atoms with Crippen molar-refractivity contribution in [1.29, 1.82) is 0 Å². The Morgan fingerprint density at radius 2 is 1.52 bits per heavy atom. The van der Waals surface area contributed by atoms with E-state index in [1.165, 1.54) is 0 Å². The van der Waals surface area contributed by atoms with Crippen molar-refractivity contribution in [2.45, 2.75) is 6.92 Å². The van der Waals surface area contributed by atoms with Gasteiger partial charge in [0.1, 0.15) is 11.5 Å². The minimum atomic E-state index is -0.457. The fourth-order valence-corrected chi connectivity index (χ4v) is 1.76. The van der Waals surface area contributed by atoms with E-state index in [2.05, 4.69) is 10.9 Å². The molecule has 2 amide bonds. The summed E-state index contributed by atoms with van der Waals surface area (Å²) < 4.78 is 10.3. The van der Waals surface area contributed by atoms with E-state index in [9.17, 15) is 9.59 Å². The van der Waals surface area contributed by atoms with Crippen LogP contribution in [0.1, 0.15) is 15.9 Å². The first-order valence-electron chi connectivity index (χ1n) is 7.01. The van der Waals surface area contributed by atoms with Gasteiger partial charge in [-0.05, 0) is 43.3 Å². The smallest absolute Gasteiger partial charge is 0.276 e. The molecular formula is C17H18N2O4. The Hall–Kier alpha value is -3.02. The first-order valence-corrected chi connectivity index (χ1v) is 7.01. The van der Waals surface area contributed by atoms with Crippen molar-refractivity contribution >= 4 is 11.8 Å². The van der Waals surface area contributed by atoms with Gasteiger partial charge in [0.2, 0.25) is 0 Å². The molecule has 0 saturated carbocycles. The van der Waals surface area contributed by atoms with Gasteiger partial charge in [0, 0.05) is 5.56 Å². The molecule has 0 atom stereocenters. The predicted molar refractivity (Wildman–Crippen MR) is 85.3 cm³/mol. The topological polar surface area (TPSA) is 76.7 Å². The number of rotatable bonds is 5. The van der Waals surface area contributed by atoms with Gasteiger partial charge >= 0.3 is 0 Å². The van der Waals surface area contributed by atoms with Gasteiger partial charge in [0.25, 0.3) is 11.8 Å². The molecule has 6 nitrogen and oxygen atoms in total. The molecule has 23 heavy (non-hydrogen) atoms. The summed E-state index contributed by atoms with van der Waals surface area (Å²) in [6, 6.07) is 13.9. The van der Waals surface area contributed by atoms with Crippen molar-refractivity contribution in [2.24, 2.45) is 0 Å². The van der Waals surface area contributed by atoms with Crippen molar-refractivity contribution in [2.75, 3.05) is 13.7 Å². The maximum atomic E-state index is 11.8. The molecule has 0 unspecified atom stereocenters. The van der Waals surface area contributed by atoms with Crippen LogP contribution in [-0.4, -0.2) is 25.5 Å². The van der Waals surface area contributed by atoms with Crippen molar-refractivity contribution < 1.29 is 19.1 Å². The van der Waals surface area contributed by atoms with Crippen LogP contribution in [0.25, 0.3) is 0 Å². The van der Waals surface area contributed by atoms with Gasteiger partial charge < -0.3 is 9.47 Å². The van der Waals surface area contributed by atoms with E-state index in [1.807, 2.05) is 19.1 Å². The number of ether oxygens (including phenoxy) is 2. The summed E-state index contributed by atoms with van der Waals surface area (Å²) in [7, 11) is 1.57. The molecule has 0 aromatic heterocycles. The highest BCUT2D eigenvalue weighted by Crippen LogP contribution is 2.16. The van der Waals surface area contributed by atoms with Gasteiger partial charge in [-0.3, -0.25) is 20.4 Å². The minimum absolute atomic E-state index is 0.208. The van der Waals surface area contributed by atoms with Crippen LogP contribution in [0.5, 0.6) is 11.5 Å². The Labute approximate surface area is 134 Å². The molecule has 2 N–H and O–H groups in total. The third-order valence-electron chi connectivity index (χ3n) is 3.06. The Kier molecular flexibility index (Phi) is 5.57. The second-order valence-corrected chi connectivity index (χ2v) is 4.83. The molecule has 0 spiro atoms. The van der Waals surface area contributed by atoms with Crippen LogP contribution in [0.4, 0.5) is 0 Å². The van der Waals surface area contributed by atoms with Crippen LogP contribution in [0.2, 0.25) is 0 Å². The number of hydrogen-bond acceptors (Lipinski definition) is 4. The van der Waals surface area contributed by atoms with Gasteiger partial charge in [-0.25, -0.2) is 0 Å². The van der Waals surface area contributed by atoms with E-state index < -0.39 is 5.91 Å². The van der Waals surface area contributed by atoms with E-state index >= 15 is 0 Å². The zero-order chi connectivity index (χ0) is 16.7. The number of nitrogens with one attached hydrogen (secondary N) is 2. The lowest BCUT2D eigenvalue weighted by Gasteiger charge is -2.09. The number of carbonyl (C=O) groups excluding carboxylic acids is 2. The second kappa shape index (κ2) is 7.84. The fourth-order valence-electron chi connectivity index (χ4n) is 1.76. The number of carbonyl (C=O) groups is 2. The zero-order valence-electron chi connectivity index (χ0n) is 13.0. The van der Waals surface area contributed by atoms with Gasteiger partial charge in [0.05, 0.1) is 7.11 Å². The lowest BCUT2D eigenvalue weighted by Crippen LogP contribution is -2.43. The number of hydrogen-bond donors (Lipinski definition) is 2. The number of aryl methyl sites for hydroxylation is 1. The van der Waals surface area contributed by atoms with Gasteiger partial charge in [0.15, 0.2) is 6.61 Å². The highest BCUT2D eigenvalue weighted by Gasteiger charge is 2.07. The Morgan fingerprint density at radius 3 is 2.13 bits per heavy atom. The standard InChI is InChI=1S/C17H18N2O4/c1-12-3-5-13(6-4-12)17(21)19-18-16(20)11-23-15-9-7-14(22-2)8-10-15/h3-10H,11H2,1-2H3,(H,18,20)(H,19,21). The van der Waals surface area contributed by atoms with Crippen molar-refractivity contribution in [3.05, 3.63) is 59.7 Å². The van der Waals surface area contributed by atoms with E-state index in [0.717, 1.165) is 5.56 Å². The number of methoxy groups -OCH3 is 1. The lowest BCUT2D eigenvalue weighted by molar-refractivity contribution is -0.123. The van der Waals surface area contributed by atoms with Crippen molar-refractivity contribution in [1.82, 2.24) is 10.9 Å². The molecule has 2 aromatic rings. The van der Waals surface area contributed by atoms with Crippen LogP contribution < -0.4 is 20.3 Å². The summed E-state index contributed by atoms with van der Waals surface area (Å²) in [5.41, 5.74) is 6.15. The summed E-state index contributed by atoms with van der Waals surface area (Å²) in [4.78, 5) is 23.5. The minimum Gasteiger partial charge on any atom is -0.497 e. The monoisotopic (exact) mass is 314 g/mol. The first-order chi connectivity index (χ1) is 11.1. The SMILES string of the molecule is COc1ccc(OCC(=O)NNC(=O)c2ccc(C)cc2)cc1. The molecule has 6 heteroatoms. The Balaban J connectivity index is 1.76. The summed E-state index contributed by atoms with van der Waals surface area (Å²) in [5.74, 6) is 0.391. The summed E-state index contributed by atoms with van der Waals surface area (Å²) in [6.45, 7) is 1.72. The molecule has 120 valence electrons. The first kappa shape index (κ1) is 16.4. The lowest BCUT2D eigenvalue weighted by atomic mass is 10.1. The molecule has 0 heterocycles. The van der Waals surface area contributed by atoms with E-state index in [1.54, 1.807) is 43.5 Å². The molecule has 0 bridgehead atoms. The predicted octanol–water partition coefficient (Wildman–Crippen LogP) is 1.84. The Morgan fingerprint density at radius 1 is 0.913 bits per heavy atom. The van der Waals surface area contributed by atoms with E-state index in [4.69, 9.17) is 9.47 Å². The molecule has 0 radical (unpaired) electrons. The molecule has 0 fully saturated rings. The van der Waals surface area contributed by atoms with Crippen molar-refractivity contribution in [3.8, 4) is 11.5 Å². The average molecular weight is 314 g/mol. The summed E-state index contributed by atoms with van der Waals surface area (Å²) in [5, 5.41) is 0. The summed E-state index contributed by atoms with van der Waals surface area (Å²) >= 11 is 0. The van der Waals surface area contributed by atoms with Gasteiger partial charge in [-0.2, -0.15) is 0 Å². The zero-order valence-corrected chi connectivity index (χ0v) is 13.0. The maximum absolute atomic E-state index is 11.8. The quantitative estimate of drug-likeness (QED) is 0.826. The molecule has 0 saturated heterocycles. The van der Waals surface area contributed by atoms with Crippen LogP contribution in [-0.2, 0) is 4.79 Å². The number of hydrazine groups is 1. The largest absolute Gasteiger partial charge is 0.497 e. The van der Waals surface area contributed by atoms with Crippen molar-refractivity contribution in [3.63, 3.8) is 0 Å². The molecule has 2 aromatic carbocycles. The molecule has 0 aliphatic rings. The number of benzene rings is 2. The van der Waals surface area contributed by atoms with Crippen LogP contribution in [0, 0.1) is 6.92 Å². The fraction of sp³-hybridized carbons (Fsp3) is 0.176. The molecular weight excluding hydrogens is 296 g/mol. The van der Waals surface area contributed by atoms with Gasteiger partial charge in [-0.1, -0.05) is 17.7 Å².